The van der Waals surface area contributed by atoms with Gasteiger partial charge in [-0.2, -0.15) is 0 Å². The van der Waals surface area contributed by atoms with E-state index in [0.29, 0.717) is 5.69 Å². The van der Waals surface area contributed by atoms with E-state index in [2.05, 4.69) is 40.7 Å². The first-order chi connectivity index (χ1) is 11.5. The van der Waals surface area contributed by atoms with Crippen LogP contribution in [0.2, 0.25) is 0 Å². The number of aromatic amines is 2. The summed E-state index contributed by atoms with van der Waals surface area (Å²) in [5, 5.41) is 8.90. The molecule has 0 aliphatic rings. The Morgan fingerprint density at radius 3 is 1.88 bits per heavy atom. The van der Waals surface area contributed by atoms with Gasteiger partial charge in [0.05, 0.1) is 36.3 Å². The van der Waals surface area contributed by atoms with Crippen molar-refractivity contribution in [2.75, 3.05) is 0 Å². The first kappa shape index (κ1) is 23.2. The maximum atomic E-state index is 10.5. The van der Waals surface area contributed by atoms with Crippen molar-refractivity contribution >= 4 is 6.29 Å². The zero-order chi connectivity index (χ0) is 19.7. The maximum absolute atomic E-state index is 10.5. The average molecular weight is 393 g/mol. The molecule has 8 nitrogen and oxygen atoms in total. The summed E-state index contributed by atoms with van der Waals surface area (Å²) in [6.45, 7) is 12.4. The first-order valence-corrected chi connectivity index (χ1v) is 8.51. The van der Waals surface area contributed by atoms with Gasteiger partial charge >= 0.3 is 22.5 Å². The van der Waals surface area contributed by atoms with Crippen LogP contribution in [0.5, 0.6) is 0 Å². The Hall–Kier alpha value is -1.83. The van der Waals surface area contributed by atoms with Crippen molar-refractivity contribution in [3.05, 3.63) is 35.4 Å². The summed E-state index contributed by atoms with van der Waals surface area (Å²) < 4.78 is 16.8. The second-order valence-corrected chi connectivity index (χ2v) is 7.43. The Labute approximate surface area is 153 Å². The van der Waals surface area contributed by atoms with Gasteiger partial charge in [0, 0.05) is 10.8 Å². The van der Waals surface area contributed by atoms with Gasteiger partial charge < -0.3 is 15.1 Å². The molecule has 0 atom stereocenters. The molecule has 0 fully saturated rings. The molecule has 2 aromatic heterocycles. The monoisotopic (exact) mass is 393 g/mol. The number of carbonyl (C=O) groups is 1. The third kappa shape index (κ3) is 7.72. The molecule has 0 spiro atoms. The number of H-pyrrole nitrogens is 2. The molecule has 141 valence electrons. The molecule has 0 saturated carbocycles. The number of nitrogens with zero attached hydrogens (tertiary/aromatic N) is 2. The van der Waals surface area contributed by atoms with Gasteiger partial charge in [-0.1, -0.05) is 41.5 Å². The zero-order valence-corrected chi connectivity index (χ0v) is 16.6. The average Bonchev–Trinajstić information content (AvgIpc) is 3.16. The number of aliphatic hydroxyl groups excluding tert-OH is 1. The molecular weight excluding hydrogens is 367 g/mol. The van der Waals surface area contributed by atoms with E-state index in [1.54, 1.807) is 12.7 Å². The van der Waals surface area contributed by atoms with Crippen molar-refractivity contribution in [2.24, 2.45) is 0 Å². The number of imidazole rings is 2. The van der Waals surface area contributed by atoms with E-state index in [9.17, 15) is 4.79 Å². The third-order valence-electron chi connectivity index (χ3n) is 3.12. The fourth-order valence-corrected chi connectivity index (χ4v) is 2.08. The number of aldehydes is 1. The number of rotatable bonds is 2. The normalized spacial score (nSPS) is 10.8. The number of hydrogen-bond donors (Lipinski definition) is 3. The van der Waals surface area contributed by atoms with E-state index in [-0.39, 0.29) is 17.4 Å². The molecule has 2 rings (SSSR count). The second kappa shape index (κ2) is 10.2. The molecular formula is C16H26MnN4O4. The van der Waals surface area contributed by atoms with Crippen LogP contribution < -0.4 is 0 Å². The predicted molar refractivity (Wildman–Crippen MR) is 87.3 cm³/mol. The summed E-state index contributed by atoms with van der Waals surface area (Å²) in [6.07, 6.45) is 3.94. The summed E-state index contributed by atoms with van der Waals surface area (Å²) in [7, 11) is 0. The summed E-state index contributed by atoms with van der Waals surface area (Å²) in [5.41, 5.74) is 3.15. The molecule has 0 aliphatic heterocycles. The number of aliphatic hydroxyl groups is 1. The Kier molecular flexibility index (Phi) is 9.48. The predicted octanol–water partition coefficient (Wildman–Crippen LogP) is 2.48. The standard InChI is InChI=1S/C8H14N2O.C8H12N2O.Mn.2O/c2*1-8(2,3)7-6(4-11)9-5-10-7;;;/h5,11H,4H2,1-3H3,(H,9,10);4-5H,1-3H3,(H,9,10);;;. The SMILES string of the molecule is CC(C)(C)c1[nH]cnc1C=O.CC(C)(C)c1nc[nH]c1CO.[O]=[Mn]=[O]. The summed E-state index contributed by atoms with van der Waals surface area (Å²) in [6, 6.07) is 0. The minimum atomic E-state index is -1.44. The van der Waals surface area contributed by atoms with Crippen LogP contribution in [0.25, 0.3) is 0 Å². The van der Waals surface area contributed by atoms with Crippen LogP contribution >= 0.6 is 0 Å². The van der Waals surface area contributed by atoms with Gasteiger partial charge in [-0.05, 0) is 0 Å². The van der Waals surface area contributed by atoms with Crippen molar-refractivity contribution < 1.29 is 32.4 Å². The van der Waals surface area contributed by atoms with Crippen molar-refractivity contribution in [3.8, 4) is 0 Å². The molecule has 9 heteroatoms. The molecule has 25 heavy (non-hydrogen) atoms. The number of nitrogens with one attached hydrogen (secondary N) is 2. The molecule has 0 aliphatic carbocycles. The first-order valence-electron chi connectivity index (χ1n) is 7.54. The van der Waals surface area contributed by atoms with E-state index in [0.717, 1.165) is 23.4 Å². The van der Waals surface area contributed by atoms with Crippen LogP contribution in [0, 0.1) is 0 Å². The molecule has 0 bridgehead atoms. The van der Waals surface area contributed by atoms with Crippen LogP contribution in [0.3, 0.4) is 0 Å². The summed E-state index contributed by atoms with van der Waals surface area (Å²) in [5.74, 6) is 0. The van der Waals surface area contributed by atoms with E-state index in [1.165, 1.54) is 0 Å². The van der Waals surface area contributed by atoms with Crippen molar-refractivity contribution in [2.45, 2.75) is 59.0 Å². The van der Waals surface area contributed by atoms with Gasteiger partial charge in [0.15, 0.2) is 6.29 Å². The Morgan fingerprint density at radius 1 is 1.04 bits per heavy atom. The van der Waals surface area contributed by atoms with Crippen molar-refractivity contribution in [3.63, 3.8) is 0 Å². The number of carbonyl (C=O) groups excluding carboxylic acids is 1. The van der Waals surface area contributed by atoms with Crippen LogP contribution in [-0.2, 0) is 39.9 Å². The Morgan fingerprint density at radius 2 is 1.56 bits per heavy atom. The van der Waals surface area contributed by atoms with Crippen LogP contribution in [-0.4, -0.2) is 31.3 Å². The zero-order valence-electron chi connectivity index (χ0n) is 15.4. The van der Waals surface area contributed by atoms with Gasteiger partial charge in [-0.15, -0.1) is 0 Å². The fraction of sp³-hybridized carbons (Fsp3) is 0.562. The van der Waals surface area contributed by atoms with Crippen molar-refractivity contribution in [1.29, 1.82) is 0 Å². The molecule has 2 aromatic rings. The quantitative estimate of drug-likeness (QED) is 0.531. The van der Waals surface area contributed by atoms with Gasteiger partial charge in [0.2, 0.25) is 0 Å². The van der Waals surface area contributed by atoms with E-state index in [1.807, 2.05) is 20.8 Å². The molecule has 3 N–H and O–H groups in total. The van der Waals surface area contributed by atoms with Crippen LogP contribution in [0.4, 0.5) is 0 Å². The minimum absolute atomic E-state index is 0.0120. The summed E-state index contributed by atoms with van der Waals surface area (Å²) in [4.78, 5) is 24.3. The molecule has 0 amide bonds. The molecule has 2 heterocycles. The second-order valence-electron chi connectivity index (χ2n) is 7.23. The van der Waals surface area contributed by atoms with Crippen molar-refractivity contribution in [1.82, 2.24) is 19.9 Å². The summed E-state index contributed by atoms with van der Waals surface area (Å²) >= 11 is -1.44. The topological polar surface area (TPSA) is 129 Å². The molecule has 0 saturated heterocycles. The third-order valence-corrected chi connectivity index (χ3v) is 3.12. The van der Waals surface area contributed by atoms with E-state index >= 15 is 0 Å². The van der Waals surface area contributed by atoms with Gasteiger partial charge in [-0.3, -0.25) is 4.79 Å². The van der Waals surface area contributed by atoms with Crippen LogP contribution in [0.1, 0.15) is 69.1 Å². The Balaban J connectivity index is 0.000000399. The van der Waals surface area contributed by atoms with Gasteiger partial charge in [0.25, 0.3) is 0 Å². The van der Waals surface area contributed by atoms with E-state index in [4.69, 9.17) is 12.8 Å². The number of hydrogen-bond acceptors (Lipinski definition) is 6. The molecule has 0 aromatic carbocycles. The molecule has 0 unspecified atom stereocenters. The molecule has 0 radical (unpaired) electrons. The van der Waals surface area contributed by atoms with Gasteiger partial charge in [-0.25, -0.2) is 9.97 Å². The van der Waals surface area contributed by atoms with Crippen LogP contribution in [0.15, 0.2) is 12.7 Å². The Bertz CT molecular complexity index is 690. The number of aromatic nitrogens is 4. The van der Waals surface area contributed by atoms with Gasteiger partial charge in [0.1, 0.15) is 5.69 Å². The van der Waals surface area contributed by atoms with E-state index < -0.39 is 14.8 Å². The fourth-order valence-electron chi connectivity index (χ4n) is 2.08.